The van der Waals surface area contributed by atoms with Gasteiger partial charge in [-0.3, -0.25) is 14.6 Å². The van der Waals surface area contributed by atoms with Gasteiger partial charge < -0.3 is 18.8 Å². The van der Waals surface area contributed by atoms with Crippen LogP contribution in [-0.4, -0.2) is 78.1 Å². The SMILES string of the molecule is O=C(c1coc(CN2CCN(Cc3ccc4c(c3)OCCO4)CC2)n1)N1CCCC1. The van der Waals surface area contributed by atoms with Crippen LogP contribution in [0.3, 0.4) is 0 Å². The van der Waals surface area contributed by atoms with Crippen LogP contribution in [0.2, 0.25) is 0 Å². The van der Waals surface area contributed by atoms with Crippen LogP contribution in [0.25, 0.3) is 0 Å². The molecular weight excluding hydrogens is 384 g/mol. The van der Waals surface area contributed by atoms with Crippen molar-refractivity contribution in [3.63, 3.8) is 0 Å². The zero-order valence-electron chi connectivity index (χ0n) is 17.2. The first-order chi connectivity index (χ1) is 14.7. The fraction of sp³-hybridized carbons (Fsp3) is 0.545. The number of likely N-dealkylation sites (tertiary alicyclic amines) is 1. The number of benzene rings is 1. The second-order valence-electron chi connectivity index (χ2n) is 8.16. The second kappa shape index (κ2) is 8.65. The average molecular weight is 412 g/mol. The fourth-order valence-electron chi connectivity index (χ4n) is 4.31. The number of piperazine rings is 1. The van der Waals surface area contributed by atoms with Crippen molar-refractivity contribution >= 4 is 5.91 Å². The Morgan fingerprint density at radius 2 is 1.60 bits per heavy atom. The Bertz CT molecular complexity index is 885. The maximum absolute atomic E-state index is 12.4. The number of nitrogens with zero attached hydrogens (tertiary/aromatic N) is 4. The van der Waals surface area contributed by atoms with Gasteiger partial charge in [-0.05, 0) is 30.5 Å². The van der Waals surface area contributed by atoms with Crippen molar-refractivity contribution in [2.75, 3.05) is 52.5 Å². The summed E-state index contributed by atoms with van der Waals surface area (Å²) in [4.78, 5) is 23.5. The van der Waals surface area contributed by atoms with Gasteiger partial charge in [0.1, 0.15) is 19.5 Å². The summed E-state index contributed by atoms with van der Waals surface area (Å²) in [7, 11) is 0. The van der Waals surface area contributed by atoms with Crippen LogP contribution >= 0.6 is 0 Å². The third-order valence-corrected chi connectivity index (χ3v) is 6.00. The summed E-state index contributed by atoms with van der Waals surface area (Å²) in [6.07, 6.45) is 3.66. The van der Waals surface area contributed by atoms with Crippen molar-refractivity contribution in [1.29, 1.82) is 0 Å². The van der Waals surface area contributed by atoms with Crippen molar-refractivity contribution in [2.24, 2.45) is 0 Å². The molecule has 2 aromatic rings. The van der Waals surface area contributed by atoms with Gasteiger partial charge in [-0.15, -0.1) is 0 Å². The third kappa shape index (κ3) is 4.29. The zero-order chi connectivity index (χ0) is 20.3. The Hall–Kier alpha value is -2.58. The number of fused-ring (bicyclic) bond motifs is 1. The van der Waals surface area contributed by atoms with E-state index in [1.165, 1.54) is 11.8 Å². The molecule has 0 spiro atoms. The molecule has 0 N–H and O–H groups in total. The Morgan fingerprint density at radius 1 is 0.900 bits per heavy atom. The number of aromatic nitrogens is 1. The molecule has 2 fully saturated rings. The maximum atomic E-state index is 12.4. The number of rotatable bonds is 5. The lowest BCUT2D eigenvalue weighted by Gasteiger charge is -2.34. The molecular formula is C22H28N4O4. The first-order valence-corrected chi connectivity index (χ1v) is 10.8. The minimum atomic E-state index is -0.00764. The summed E-state index contributed by atoms with van der Waals surface area (Å²) in [5.74, 6) is 2.30. The fourth-order valence-corrected chi connectivity index (χ4v) is 4.31. The Labute approximate surface area is 176 Å². The topological polar surface area (TPSA) is 71.3 Å². The Kier molecular flexibility index (Phi) is 5.59. The normalized spacial score (nSPS) is 19.9. The van der Waals surface area contributed by atoms with Gasteiger partial charge in [0.25, 0.3) is 5.91 Å². The van der Waals surface area contributed by atoms with Crippen LogP contribution in [0.15, 0.2) is 28.9 Å². The molecule has 0 saturated carbocycles. The molecule has 30 heavy (non-hydrogen) atoms. The number of carbonyl (C=O) groups is 1. The van der Waals surface area contributed by atoms with E-state index in [2.05, 4.69) is 26.9 Å². The molecule has 8 nitrogen and oxygen atoms in total. The molecule has 2 saturated heterocycles. The maximum Gasteiger partial charge on any atom is 0.275 e. The largest absolute Gasteiger partial charge is 0.486 e. The van der Waals surface area contributed by atoms with Crippen molar-refractivity contribution < 1.29 is 18.7 Å². The van der Waals surface area contributed by atoms with Crippen molar-refractivity contribution in [2.45, 2.75) is 25.9 Å². The van der Waals surface area contributed by atoms with Crippen molar-refractivity contribution in [3.05, 3.63) is 41.6 Å². The molecule has 0 unspecified atom stereocenters. The highest BCUT2D eigenvalue weighted by atomic mass is 16.6. The third-order valence-electron chi connectivity index (χ3n) is 6.00. The van der Waals surface area contributed by atoms with Gasteiger partial charge in [-0.1, -0.05) is 6.07 Å². The number of amides is 1. The lowest BCUT2D eigenvalue weighted by molar-refractivity contribution is 0.0786. The summed E-state index contributed by atoms with van der Waals surface area (Å²) in [6, 6.07) is 6.21. The van der Waals surface area contributed by atoms with Gasteiger partial charge in [-0.25, -0.2) is 4.98 Å². The van der Waals surface area contributed by atoms with E-state index in [0.29, 0.717) is 31.3 Å². The second-order valence-corrected chi connectivity index (χ2v) is 8.16. The van der Waals surface area contributed by atoms with Crippen LogP contribution in [-0.2, 0) is 13.1 Å². The molecule has 0 atom stereocenters. The highest BCUT2D eigenvalue weighted by Gasteiger charge is 2.24. The van der Waals surface area contributed by atoms with E-state index >= 15 is 0 Å². The summed E-state index contributed by atoms with van der Waals surface area (Å²) in [6.45, 7) is 8.28. The number of oxazole rings is 1. The number of hydrogen-bond donors (Lipinski definition) is 0. The van der Waals surface area contributed by atoms with E-state index < -0.39 is 0 Å². The van der Waals surface area contributed by atoms with E-state index in [0.717, 1.165) is 70.2 Å². The molecule has 3 aliphatic heterocycles. The van der Waals surface area contributed by atoms with Gasteiger partial charge >= 0.3 is 0 Å². The van der Waals surface area contributed by atoms with Gasteiger partial charge in [0.2, 0.25) is 5.89 Å². The van der Waals surface area contributed by atoms with E-state index in [-0.39, 0.29) is 5.91 Å². The summed E-state index contributed by atoms with van der Waals surface area (Å²) < 4.78 is 16.9. The molecule has 1 aromatic carbocycles. The van der Waals surface area contributed by atoms with Crippen LogP contribution in [0, 0.1) is 0 Å². The lowest BCUT2D eigenvalue weighted by Crippen LogP contribution is -2.45. The standard InChI is InChI=1S/C22H28N4O4/c27-22(26-5-1-2-6-26)18-16-30-21(23-18)15-25-9-7-24(8-10-25)14-17-3-4-19-20(13-17)29-12-11-28-19/h3-4,13,16H,1-2,5-12,14-15H2. The van der Waals surface area contributed by atoms with E-state index in [1.54, 1.807) is 0 Å². The van der Waals surface area contributed by atoms with Crippen molar-refractivity contribution in [3.8, 4) is 11.5 Å². The quantitative estimate of drug-likeness (QED) is 0.744. The molecule has 3 aliphatic rings. The highest BCUT2D eigenvalue weighted by molar-refractivity contribution is 5.92. The van der Waals surface area contributed by atoms with Gasteiger partial charge in [0.05, 0.1) is 6.54 Å². The molecule has 1 amide bonds. The average Bonchev–Trinajstić information content (AvgIpc) is 3.47. The highest BCUT2D eigenvalue weighted by Crippen LogP contribution is 2.31. The zero-order valence-corrected chi connectivity index (χ0v) is 17.2. The monoisotopic (exact) mass is 412 g/mol. The van der Waals surface area contributed by atoms with E-state index in [4.69, 9.17) is 13.9 Å². The summed E-state index contributed by atoms with van der Waals surface area (Å²) in [5, 5.41) is 0. The molecule has 1 aromatic heterocycles. The smallest absolute Gasteiger partial charge is 0.275 e. The predicted molar refractivity (Wildman–Crippen MR) is 110 cm³/mol. The number of ether oxygens (including phenoxy) is 2. The Balaban J connectivity index is 1.11. The first-order valence-electron chi connectivity index (χ1n) is 10.8. The molecule has 5 rings (SSSR count). The summed E-state index contributed by atoms with van der Waals surface area (Å²) in [5.41, 5.74) is 1.68. The molecule has 160 valence electrons. The van der Waals surface area contributed by atoms with Gasteiger partial charge in [0.15, 0.2) is 17.2 Å². The molecule has 0 aliphatic carbocycles. The lowest BCUT2D eigenvalue weighted by atomic mass is 10.1. The summed E-state index contributed by atoms with van der Waals surface area (Å²) >= 11 is 0. The van der Waals surface area contributed by atoms with Crippen LogP contribution < -0.4 is 9.47 Å². The van der Waals surface area contributed by atoms with Crippen LogP contribution in [0.1, 0.15) is 34.8 Å². The van der Waals surface area contributed by atoms with Gasteiger partial charge in [0, 0.05) is 45.8 Å². The van der Waals surface area contributed by atoms with Crippen LogP contribution in [0.4, 0.5) is 0 Å². The number of carbonyl (C=O) groups excluding carboxylic acids is 1. The predicted octanol–water partition coefficient (Wildman–Crippen LogP) is 2.00. The molecule has 4 heterocycles. The first kappa shape index (κ1) is 19.4. The van der Waals surface area contributed by atoms with E-state index in [1.807, 2.05) is 11.0 Å². The minimum Gasteiger partial charge on any atom is -0.486 e. The number of hydrogen-bond acceptors (Lipinski definition) is 7. The Morgan fingerprint density at radius 3 is 2.37 bits per heavy atom. The molecule has 8 heteroatoms. The van der Waals surface area contributed by atoms with E-state index in [9.17, 15) is 4.79 Å². The molecule has 0 bridgehead atoms. The molecule has 0 radical (unpaired) electrons. The van der Waals surface area contributed by atoms with Crippen LogP contribution in [0.5, 0.6) is 11.5 Å². The van der Waals surface area contributed by atoms with Gasteiger partial charge in [-0.2, -0.15) is 0 Å². The van der Waals surface area contributed by atoms with Crippen molar-refractivity contribution in [1.82, 2.24) is 19.7 Å². The minimum absolute atomic E-state index is 0.00764.